The van der Waals surface area contributed by atoms with Crippen molar-refractivity contribution in [2.45, 2.75) is 13.0 Å². The number of methoxy groups -OCH3 is 2. The Kier molecular flexibility index (Phi) is 5.66. The van der Waals surface area contributed by atoms with Gasteiger partial charge in [-0.05, 0) is 47.0 Å². The van der Waals surface area contributed by atoms with E-state index in [4.69, 9.17) is 15.2 Å². The summed E-state index contributed by atoms with van der Waals surface area (Å²) in [6.45, 7) is 2.00. The summed E-state index contributed by atoms with van der Waals surface area (Å²) in [5, 5.41) is 4.06. The lowest BCUT2D eigenvalue weighted by Crippen LogP contribution is -2.14. The van der Waals surface area contributed by atoms with Crippen LogP contribution in [0.3, 0.4) is 0 Å². The van der Waals surface area contributed by atoms with E-state index in [1.54, 1.807) is 25.6 Å². The fourth-order valence-electron chi connectivity index (χ4n) is 2.00. The normalized spacial score (nSPS) is 11.6. The third kappa shape index (κ3) is 3.21. The zero-order valence-electron chi connectivity index (χ0n) is 11.2. The molecule has 0 spiro atoms. The number of hydrogen-bond donors (Lipinski definition) is 1. The van der Waals surface area contributed by atoms with E-state index in [1.807, 2.05) is 35.9 Å². The van der Waals surface area contributed by atoms with E-state index in [1.165, 1.54) is 0 Å². The highest BCUT2D eigenvalue weighted by Gasteiger charge is 2.20. The van der Waals surface area contributed by atoms with Crippen LogP contribution in [0.4, 0.5) is 0 Å². The summed E-state index contributed by atoms with van der Waals surface area (Å²) in [5.74, 6) is 1.54. The molecule has 0 fully saturated rings. The maximum atomic E-state index is 6.31. The molecule has 0 aliphatic carbocycles. The fraction of sp³-hybridized carbons (Fsp3) is 0.286. The third-order valence-corrected chi connectivity index (χ3v) is 3.60. The number of ether oxygens (including phenoxy) is 2. The van der Waals surface area contributed by atoms with Gasteiger partial charge in [0.15, 0.2) is 0 Å². The second-order valence-corrected chi connectivity index (χ2v) is 4.90. The number of aryl methyl sites for hydroxylation is 1. The summed E-state index contributed by atoms with van der Waals surface area (Å²) in [4.78, 5) is 0. The van der Waals surface area contributed by atoms with Crippen LogP contribution >= 0.6 is 23.7 Å². The highest BCUT2D eigenvalue weighted by Crippen LogP contribution is 2.37. The number of benzene rings is 1. The van der Waals surface area contributed by atoms with Crippen LogP contribution in [0.25, 0.3) is 0 Å². The lowest BCUT2D eigenvalue weighted by atomic mass is 9.98. The minimum absolute atomic E-state index is 0. The van der Waals surface area contributed by atoms with Crippen molar-refractivity contribution in [1.29, 1.82) is 0 Å². The van der Waals surface area contributed by atoms with Crippen LogP contribution in [-0.2, 0) is 0 Å². The van der Waals surface area contributed by atoms with Gasteiger partial charge in [-0.25, -0.2) is 0 Å². The topological polar surface area (TPSA) is 44.5 Å². The first kappa shape index (κ1) is 15.8. The zero-order chi connectivity index (χ0) is 13.1. The molecule has 5 heteroatoms. The molecular weight excluding hydrogens is 282 g/mol. The van der Waals surface area contributed by atoms with E-state index in [9.17, 15) is 0 Å². The van der Waals surface area contributed by atoms with Gasteiger partial charge in [-0.15, -0.1) is 12.4 Å². The van der Waals surface area contributed by atoms with Crippen LogP contribution in [0.15, 0.2) is 29.0 Å². The second kappa shape index (κ2) is 6.80. The summed E-state index contributed by atoms with van der Waals surface area (Å²) < 4.78 is 10.9. The van der Waals surface area contributed by atoms with Crippen molar-refractivity contribution < 1.29 is 9.47 Å². The van der Waals surface area contributed by atoms with Gasteiger partial charge in [0, 0.05) is 0 Å². The third-order valence-electron chi connectivity index (χ3n) is 2.90. The van der Waals surface area contributed by atoms with E-state index in [0.29, 0.717) is 0 Å². The molecule has 0 saturated carbocycles. The van der Waals surface area contributed by atoms with Gasteiger partial charge in [0.1, 0.15) is 11.5 Å². The fourth-order valence-corrected chi connectivity index (χ4v) is 2.69. The van der Waals surface area contributed by atoms with Gasteiger partial charge in [-0.2, -0.15) is 11.3 Å². The molecule has 1 aromatic carbocycles. The molecule has 0 radical (unpaired) electrons. The highest BCUT2D eigenvalue weighted by atomic mass is 35.5. The molecule has 0 bridgehead atoms. The van der Waals surface area contributed by atoms with E-state index in [0.717, 1.165) is 28.2 Å². The maximum Gasteiger partial charge on any atom is 0.127 e. The molecule has 1 heterocycles. The largest absolute Gasteiger partial charge is 0.496 e. The molecule has 0 saturated heterocycles. The molecule has 2 rings (SSSR count). The Morgan fingerprint density at radius 3 is 2.16 bits per heavy atom. The van der Waals surface area contributed by atoms with E-state index < -0.39 is 0 Å². The molecule has 1 aromatic heterocycles. The molecule has 2 N–H and O–H groups in total. The van der Waals surface area contributed by atoms with Gasteiger partial charge in [0.05, 0.1) is 25.8 Å². The summed E-state index contributed by atoms with van der Waals surface area (Å²) in [7, 11) is 3.30. The zero-order valence-corrected chi connectivity index (χ0v) is 12.8. The van der Waals surface area contributed by atoms with Crippen LogP contribution in [0.2, 0.25) is 0 Å². The Hall–Kier alpha value is -1.23. The number of halogens is 1. The lowest BCUT2D eigenvalue weighted by Gasteiger charge is -2.19. The average Bonchev–Trinajstić information content (AvgIpc) is 2.90. The van der Waals surface area contributed by atoms with Gasteiger partial charge in [-0.1, -0.05) is 0 Å². The summed E-state index contributed by atoms with van der Waals surface area (Å²) in [5.41, 5.74) is 9.36. The van der Waals surface area contributed by atoms with E-state index in [2.05, 4.69) is 0 Å². The molecule has 0 aliphatic rings. The maximum absolute atomic E-state index is 6.31. The first-order chi connectivity index (χ1) is 8.67. The van der Waals surface area contributed by atoms with Crippen molar-refractivity contribution in [2.75, 3.05) is 14.2 Å². The minimum atomic E-state index is -0.234. The van der Waals surface area contributed by atoms with Crippen molar-refractivity contribution in [3.8, 4) is 11.5 Å². The van der Waals surface area contributed by atoms with Crippen molar-refractivity contribution in [1.82, 2.24) is 0 Å². The molecule has 104 valence electrons. The minimum Gasteiger partial charge on any atom is -0.496 e. The molecular formula is C14H18ClNO2S. The number of nitrogens with two attached hydrogens (primary N) is 1. The van der Waals surface area contributed by atoms with Crippen molar-refractivity contribution in [2.24, 2.45) is 5.73 Å². The van der Waals surface area contributed by atoms with Gasteiger partial charge in [0.25, 0.3) is 0 Å². The van der Waals surface area contributed by atoms with Crippen LogP contribution < -0.4 is 15.2 Å². The first-order valence-corrected chi connectivity index (χ1v) is 6.62. The Morgan fingerprint density at radius 2 is 1.74 bits per heavy atom. The molecule has 0 aliphatic heterocycles. The SMILES string of the molecule is COc1cc(C)cc(OC)c1[C@@H](N)c1ccsc1.Cl. The van der Waals surface area contributed by atoms with Crippen LogP contribution in [0, 0.1) is 6.92 Å². The Labute approximate surface area is 123 Å². The number of thiophene rings is 1. The van der Waals surface area contributed by atoms with Crippen LogP contribution in [0.1, 0.15) is 22.7 Å². The molecule has 19 heavy (non-hydrogen) atoms. The van der Waals surface area contributed by atoms with Crippen molar-refractivity contribution in [3.63, 3.8) is 0 Å². The highest BCUT2D eigenvalue weighted by molar-refractivity contribution is 7.08. The van der Waals surface area contributed by atoms with E-state index in [-0.39, 0.29) is 18.4 Å². The van der Waals surface area contributed by atoms with Gasteiger partial charge in [0.2, 0.25) is 0 Å². The monoisotopic (exact) mass is 299 g/mol. The number of hydrogen-bond acceptors (Lipinski definition) is 4. The molecule has 0 amide bonds. The molecule has 3 nitrogen and oxygen atoms in total. The number of rotatable bonds is 4. The smallest absolute Gasteiger partial charge is 0.127 e. The Bertz CT molecular complexity index is 503. The van der Waals surface area contributed by atoms with Gasteiger partial charge in [-0.3, -0.25) is 0 Å². The van der Waals surface area contributed by atoms with Crippen LogP contribution in [0.5, 0.6) is 11.5 Å². The summed E-state index contributed by atoms with van der Waals surface area (Å²) in [6, 6.07) is 5.74. The second-order valence-electron chi connectivity index (χ2n) is 4.12. The quantitative estimate of drug-likeness (QED) is 0.939. The standard InChI is InChI=1S/C14H17NO2S.ClH/c1-9-6-11(16-2)13(12(7-9)17-3)14(15)10-4-5-18-8-10;/h4-8,14H,15H2,1-3H3;1H/t14-;/m0./s1. The summed E-state index contributed by atoms with van der Waals surface area (Å²) >= 11 is 1.63. The Balaban J connectivity index is 0.00000180. The molecule has 1 atom stereocenters. The van der Waals surface area contributed by atoms with Crippen LogP contribution in [-0.4, -0.2) is 14.2 Å². The molecule has 0 unspecified atom stereocenters. The first-order valence-electron chi connectivity index (χ1n) is 5.67. The average molecular weight is 300 g/mol. The van der Waals surface area contributed by atoms with E-state index >= 15 is 0 Å². The van der Waals surface area contributed by atoms with Gasteiger partial charge >= 0.3 is 0 Å². The predicted molar refractivity (Wildman–Crippen MR) is 81.9 cm³/mol. The van der Waals surface area contributed by atoms with Crippen molar-refractivity contribution in [3.05, 3.63) is 45.6 Å². The Morgan fingerprint density at radius 1 is 1.16 bits per heavy atom. The van der Waals surface area contributed by atoms with Gasteiger partial charge < -0.3 is 15.2 Å². The molecule has 2 aromatic rings. The summed E-state index contributed by atoms with van der Waals surface area (Å²) in [6.07, 6.45) is 0. The lowest BCUT2D eigenvalue weighted by molar-refractivity contribution is 0.382. The predicted octanol–water partition coefficient (Wildman–Crippen LogP) is 3.54. The van der Waals surface area contributed by atoms with Crippen molar-refractivity contribution >= 4 is 23.7 Å².